The molecule has 1 N–H and O–H groups in total. The van der Waals surface area contributed by atoms with Gasteiger partial charge in [0, 0.05) is 36.1 Å². The number of piperidine rings is 1. The molecule has 21 heavy (non-hydrogen) atoms. The highest BCUT2D eigenvalue weighted by Crippen LogP contribution is 2.32. The SMILES string of the molecule is CC1CCN(C(=O)NCc2cc(Br)cc3c2OCC3)CC1. The van der Waals surface area contributed by atoms with E-state index in [1.54, 1.807) is 0 Å². The van der Waals surface area contributed by atoms with Crippen LogP contribution in [0.2, 0.25) is 0 Å². The van der Waals surface area contributed by atoms with Gasteiger partial charge in [0.15, 0.2) is 0 Å². The Morgan fingerprint density at radius 3 is 2.95 bits per heavy atom. The first-order valence-electron chi connectivity index (χ1n) is 7.60. The van der Waals surface area contributed by atoms with Gasteiger partial charge in [-0.3, -0.25) is 0 Å². The molecule has 0 aliphatic carbocycles. The van der Waals surface area contributed by atoms with Gasteiger partial charge in [-0.15, -0.1) is 0 Å². The molecule has 2 aliphatic heterocycles. The zero-order valence-corrected chi connectivity index (χ0v) is 13.9. The summed E-state index contributed by atoms with van der Waals surface area (Å²) in [6, 6.07) is 4.16. The van der Waals surface area contributed by atoms with Gasteiger partial charge in [0.1, 0.15) is 5.75 Å². The van der Waals surface area contributed by atoms with Crippen LogP contribution in [0.15, 0.2) is 16.6 Å². The fourth-order valence-electron chi connectivity index (χ4n) is 2.97. The smallest absolute Gasteiger partial charge is 0.317 e. The van der Waals surface area contributed by atoms with Crippen molar-refractivity contribution >= 4 is 22.0 Å². The number of amides is 2. The number of fused-ring (bicyclic) bond motifs is 1. The first kappa shape index (κ1) is 14.7. The summed E-state index contributed by atoms with van der Waals surface area (Å²) in [5.74, 6) is 1.68. The minimum absolute atomic E-state index is 0.0358. The van der Waals surface area contributed by atoms with Gasteiger partial charge >= 0.3 is 6.03 Å². The van der Waals surface area contributed by atoms with Crippen LogP contribution in [0.3, 0.4) is 0 Å². The van der Waals surface area contributed by atoms with Crippen molar-refractivity contribution in [2.45, 2.75) is 32.7 Å². The van der Waals surface area contributed by atoms with Crippen molar-refractivity contribution in [3.05, 3.63) is 27.7 Å². The van der Waals surface area contributed by atoms with Crippen molar-refractivity contribution in [3.63, 3.8) is 0 Å². The fourth-order valence-corrected chi connectivity index (χ4v) is 3.52. The van der Waals surface area contributed by atoms with Crippen LogP contribution < -0.4 is 10.1 Å². The summed E-state index contributed by atoms with van der Waals surface area (Å²) in [5.41, 5.74) is 2.27. The average molecular weight is 353 g/mol. The molecule has 2 amide bonds. The van der Waals surface area contributed by atoms with Crippen LogP contribution in [0.1, 0.15) is 30.9 Å². The van der Waals surface area contributed by atoms with E-state index >= 15 is 0 Å². The number of nitrogens with zero attached hydrogens (tertiary/aromatic N) is 1. The van der Waals surface area contributed by atoms with Gasteiger partial charge in [-0.2, -0.15) is 0 Å². The molecule has 1 saturated heterocycles. The molecule has 3 rings (SSSR count). The monoisotopic (exact) mass is 352 g/mol. The number of rotatable bonds is 2. The molecule has 0 radical (unpaired) electrons. The second-order valence-corrected chi connectivity index (χ2v) is 6.90. The molecule has 1 aromatic carbocycles. The Kier molecular flexibility index (Phi) is 4.38. The van der Waals surface area contributed by atoms with Crippen LogP contribution in [0.4, 0.5) is 4.79 Å². The Hall–Kier alpha value is -1.23. The fraction of sp³-hybridized carbons (Fsp3) is 0.562. The zero-order chi connectivity index (χ0) is 14.8. The van der Waals surface area contributed by atoms with Gasteiger partial charge in [-0.1, -0.05) is 22.9 Å². The van der Waals surface area contributed by atoms with E-state index < -0.39 is 0 Å². The lowest BCUT2D eigenvalue weighted by Gasteiger charge is -2.30. The van der Waals surface area contributed by atoms with E-state index in [2.05, 4.69) is 34.2 Å². The maximum absolute atomic E-state index is 12.2. The molecule has 0 bridgehead atoms. The third-order valence-corrected chi connectivity index (χ3v) is 4.78. The van der Waals surface area contributed by atoms with Crippen LogP contribution >= 0.6 is 15.9 Å². The summed E-state index contributed by atoms with van der Waals surface area (Å²) in [7, 11) is 0. The first-order valence-corrected chi connectivity index (χ1v) is 8.39. The van der Waals surface area contributed by atoms with E-state index in [1.807, 2.05) is 11.0 Å². The van der Waals surface area contributed by atoms with Crippen LogP contribution in [0.5, 0.6) is 5.75 Å². The van der Waals surface area contributed by atoms with E-state index in [9.17, 15) is 4.79 Å². The standard InChI is InChI=1S/C16H21BrN2O2/c1-11-2-5-19(6-3-11)16(20)18-10-13-9-14(17)8-12-4-7-21-15(12)13/h8-9,11H,2-7,10H2,1H3,(H,18,20). The van der Waals surface area contributed by atoms with E-state index in [-0.39, 0.29) is 6.03 Å². The van der Waals surface area contributed by atoms with Crippen LogP contribution in [-0.2, 0) is 13.0 Å². The number of carbonyl (C=O) groups is 1. The highest BCUT2D eigenvalue weighted by Gasteiger charge is 2.21. The number of halogens is 1. The molecule has 2 heterocycles. The minimum Gasteiger partial charge on any atom is -0.493 e. The molecule has 1 aromatic rings. The summed E-state index contributed by atoms with van der Waals surface area (Å²) in [4.78, 5) is 14.1. The van der Waals surface area contributed by atoms with Crippen LogP contribution in [0, 0.1) is 5.92 Å². The number of carbonyl (C=O) groups excluding carboxylic acids is 1. The molecule has 0 unspecified atom stereocenters. The minimum atomic E-state index is 0.0358. The predicted octanol–water partition coefficient (Wildman–Crippen LogP) is 3.33. The van der Waals surface area contributed by atoms with Crippen LogP contribution in [-0.4, -0.2) is 30.6 Å². The summed E-state index contributed by atoms with van der Waals surface area (Å²) in [6.07, 6.45) is 3.14. The largest absolute Gasteiger partial charge is 0.493 e. The molecule has 1 fully saturated rings. The van der Waals surface area contributed by atoms with E-state index in [0.717, 1.165) is 60.7 Å². The van der Waals surface area contributed by atoms with Gasteiger partial charge in [0.2, 0.25) is 0 Å². The molecule has 4 nitrogen and oxygen atoms in total. The second-order valence-electron chi connectivity index (χ2n) is 5.98. The molecule has 114 valence electrons. The Morgan fingerprint density at radius 1 is 1.43 bits per heavy atom. The molecule has 0 aromatic heterocycles. The molecule has 0 saturated carbocycles. The van der Waals surface area contributed by atoms with E-state index in [4.69, 9.17) is 4.74 Å². The first-order chi connectivity index (χ1) is 10.1. The third-order valence-electron chi connectivity index (χ3n) is 4.33. The number of urea groups is 1. The topological polar surface area (TPSA) is 41.6 Å². The number of hydrogen-bond donors (Lipinski definition) is 1. The maximum atomic E-state index is 12.2. The zero-order valence-electron chi connectivity index (χ0n) is 12.3. The average Bonchev–Trinajstić information content (AvgIpc) is 2.93. The van der Waals surface area contributed by atoms with Crippen molar-refractivity contribution in [1.29, 1.82) is 0 Å². The van der Waals surface area contributed by atoms with Crippen molar-refractivity contribution in [2.75, 3.05) is 19.7 Å². The third kappa shape index (κ3) is 3.34. The Balaban J connectivity index is 1.62. The highest BCUT2D eigenvalue weighted by atomic mass is 79.9. The Labute approximate surface area is 134 Å². The quantitative estimate of drug-likeness (QED) is 0.886. The lowest BCUT2D eigenvalue weighted by atomic mass is 10.00. The van der Waals surface area contributed by atoms with Gasteiger partial charge in [-0.25, -0.2) is 4.79 Å². The van der Waals surface area contributed by atoms with Gasteiger partial charge in [0.25, 0.3) is 0 Å². The van der Waals surface area contributed by atoms with Crippen molar-refractivity contribution in [2.24, 2.45) is 5.92 Å². The highest BCUT2D eigenvalue weighted by molar-refractivity contribution is 9.10. The molecule has 0 atom stereocenters. The van der Waals surface area contributed by atoms with E-state index in [0.29, 0.717) is 6.54 Å². The second kappa shape index (κ2) is 6.26. The summed E-state index contributed by atoms with van der Waals surface area (Å²) in [6.45, 7) is 5.22. The lowest BCUT2D eigenvalue weighted by Crippen LogP contribution is -2.43. The summed E-state index contributed by atoms with van der Waals surface area (Å²) >= 11 is 3.53. The molecular weight excluding hydrogens is 332 g/mol. The number of likely N-dealkylation sites (tertiary alicyclic amines) is 1. The number of ether oxygens (including phenoxy) is 1. The van der Waals surface area contributed by atoms with Gasteiger partial charge in [-0.05, 0) is 36.5 Å². The summed E-state index contributed by atoms with van der Waals surface area (Å²) < 4.78 is 6.73. The molecule has 5 heteroatoms. The van der Waals surface area contributed by atoms with Gasteiger partial charge in [0.05, 0.1) is 6.61 Å². The van der Waals surface area contributed by atoms with Crippen molar-refractivity contribution < 1.29 is 9.53 Å². The predicted molar refractivity (Wildman–Crippen MR) is 85.5 cm³/mol. The molecule has 2 aliphatic rings. The molecular formula is C16H21BrN2O2. The number of nitrogens with one attached hydrogen (secondary N) is 1. The van der Waals surface area contributed by atoms with Crippen LogP contribution in [0.25, 0.3) is 0 Å². The van der Waals surface area contributed by atoms with Gasteiger partial charge < -0.3 is 15.0 Å². The van der Waals surface area contributed by atoms with E-state index in [1.165, 1.54) is 5.56 Å². The summed E-state index contributed by atoms with van der Waals surface area (Å²) in [5, 5.41) is 3.03. The van der Waals surface area contributed by atoms with Crippen molar-refractivity contribution in [3.8, 4) is 5.75 Å². The van der Waals surface area contributed by atoms with Crippen molar-refractivity contribution in [1.82, 2.24) is 10.2 Å². The number of benzene rings is 1. The normalized spacial score (nSPS) is 18.3. The Morgan fingerprint density at radius 2 is 2.19 bits per heavy atom. The lowest BCUT2D eigenvalue weighted by molar-refractivity contribution is 0.173. The maximum Gasteiger partial charge on any atom is 0.317 e. The number of hydrogen-bond acceptors (Lipinski definition) is 2. The molecule has 0 spiro atoms. The Bertz CT molecular complexity index is 539.